The summed E-state index contributed by atoms with van der Waals surface area (Å²) in [5.41, 5.74) is 5.29. The SMILES string of the molecule is NC(=O)c1ncccc1OC[C@H]1CCCN1C(=O)c1ccc(Cl)cc1F. The minimum absolute atomic E-state index is 0.0273. The molecule has 0 spiro atoms. The quantitative estimate of drug-likeness (QED) is 0.868. The van der Waals surface area contributed by atoms with E-state index in [9.17, 15) is 14.0 Å². The highest BCUT2D eigenvalue weighted by molar-refractivity contribution is 6.30. The van der Waals surface area contributed by atoms with E-state index in [-0.39, 0.29) is 34.7 Å². The van der Waals surface area contributed by atoms with Gasteiger partial charge in [0, 0.05) is 17.8 Å². The minimum Gasteiger partial charge on any atom is -0.489 e. The second-order valence-corrected chi connectivity index (χ2v) is 6.38. The van der Waals surface area contributed by atoms with Gasteiger partial charge in [-0.2, -0.15) is 0 Å². The number of hydrogen-bond acceptors (Lipinski definition) is 4. The summed E-state index contributed by atoms with van der Waals surface area (Å²) >= 11 is 5.74. The summed E-state index contributed by atoms with van der Waals surface area (Å²) in [5.74, 6) is -1.50. The van der Waals surface area contributed by atoms with Crippen LogP contribution >= 0.6 is 11.6 Å². The van der Waals surface area contributed by atoms with Gasteiger partial charge in [-0.05, 0) is 43.2 Å². The molecule has 0 bridgehead atoms. The van der Waals surface area contributed by atoms with E-state index in [1.807, 2.05) is 0 Å². The average molecular weight is 378 g/mol. The summed E-state index contributed by atoms with van der Waals surface area (Å²) in [6, 6.07) is 6.95. The summed E-state index contributed by atoms with van der Waals surface area (Å²) in [5, 5.41) is 0.232. The Morgan fingerprint density at radius 3 is 2.92 bits per heavy atom. The molecule has 2 heterocycles. The first kappa shape index (κ1) is 18.1. The van der Waals surface area contributed by atoms with Gasteiger partial charge in [-0.15, -0.1) is 0 Å². The van der Waals surface area contributed by atoms with Crippen molar-refractivity contribution in [2.75, 3.05) is 13.2 Å². The van der Waals surface area contributed by atoms with Crippen LogP contribution in [0, 0.1) is 5.82 Å². The van der Waals surface area contributed by atoms with Gasteiger partial charge in [0.05, 0.1) is 11.6 Å². The summed E-state index contributed by atoms with van der Waals surface area (Å²) in [7, 11) is 0. The van der Waals surface area contributed by atoms with Gasteiger partial charge in [0.15, 0.2) is 11.4 Å². The van der Waals surface area contributed by atoms with E-state index >= 15 is 0 Å². The lowest BCUT2D eigenvalue weighted by atomic mass is 10.1. The number of ether oxygens (including phenoxy) is 1. The summed E-state index contributed by atoms with van der Waals surface area (Å²) in [6.45, 7) is 0.664. The lowest BCUT2D eigenvalue weighted by Crippen LogP contribution is -2.39. The molecule has 3 rings (SSSR count). The van der Waals surface area contributed by atoms with Gasteiger partial charge in [0.25, 0.3) is 11.8 Å². The maximum atomic E-state index is 14.1. The van der Waals surface area contributed by atoms with E-state index in [1.165, 1.54) is 18.3 Å². The second kappa shape index (κ2) is 7.70. The first-order chi connectivity index (χ1) is 12.5. The Bertz CT molecular complexity index is 846. The van der Waals surface area contributed by atoms with Crippen LogP contribution < -0.4 is 10.5 Å². The van der Waals surface area contributed by atoms with Crippen molar-refractivity contribution in [3.8, 4) is 5.75 Å². The monoisotopic (exact) mass is 377 g/mol. The van der Waals surface area contributed by atoms with Crippen LogP contribution in [0.1, 0.15) is 33.7 Å². The standard InChI is InChI=1S/C18H17ClFN3O3/c19-11-5-6-13(14(20)9-11)18(25)23-8-2-3-12(23)10-26-15-4-1-7-22-16(15)17(21)24/h1,4-7,9,12H,2-3,8,10H2,(H2,21,24)/t12-/m1/s1. The zero-order chi connectivity index (χ0) is 18.7. The number of carbonyl (C=O) groups is 2. The van der Waals surface area contributed by atoms with Crippen molar-refractivity contribution in [1.29, 1.82) is 0 Å². The second-order valence-electron chi connectivity index (χ2n) is 5.94. The number of aromatic nitrogens is 1. The maximum Gasteiger partial charge on any atom is 0.271 e. The van der Waals surface area contributed by atoms with Gasteiger partial charge < -0.3 is 15.4 Å². The highest BCUT2D eigenvalue weighted by atomic mass is 35.5. The van der Waals surface area contributed by atoms with E-state index in [4.69, 9.17) is 22.1 Å². The van der Waals surface area contributed by atoms with Crippen LogP contribution in [0.15, 0.2) is 36.5 Å². The number of rotatable bonds is 5. The third-order valence-electron chi connectivity index (χ3n) is 4.23. The molecule has 1 aromatic carbocycles. The molecule has 0 radical (unpaired) electrons. The molecule has 1 atom stereocenters. The Labute approximate surface area is 154 Å². The summed E-state index contributed by atoms with van der Waals surface area (Å²) in [6.07, 6.45) is 2.94. The van der Waals surface area contributed by atoms with Crippen LogP contribution in [0.4, 0.5) is 4.39 Å². The molecular weight excluding hydrogens is 361 g/mol. The van der Waals surface area contributed by atoms with Crippen LogP contribution in [0.5, 0.6) is 5.75 Å². The molecular formula is C18H17ClFN3O3. The molecule has 26 heavy (non-hydrogen) atoms. The van der Waals surface area contributed by atoms with Crippen LogP contribution in [-0.2, 0) is 0 Å². The molecule has 0 aliphatic carbocycles. The summed E-state index contributed by atoms with van der Waals surface area (Å²) in [4.78, 5) is 29.6. The smallest absolute Gasteiger partial charge is 0.271 e. The van der Waals surface area contributed by atoms with E-state index in [1.54, 1.807) is 17.0 Å². The van der Waals surface area contributed by atoms with Gasteiger partial charge in [-0.25, -0.2) is 9.37 Å². The molecule has 2 amide bonds. The first-order valence-electron chi connectivity index (χ1n) is 8.11. The molecule has 0 unspecified atom stereocenters. The zero-order valence-corrected chi connectivity index (χ0v) is 14.6. The molecule has 0 saturated carbocycles. The number of primary amides is 1. The number of halogens is 2. The lowest BCUT2D eigenvalue weighted by molar-refractivity contribution is 0.0684. The van der Waals surface area contributed by atoms with Gasteiger partial charge >= 0.3 is 0 Å². The third-order valence-corrected chi connectivity index (χ3v) is 4.47. The lowest BCUT2D eigenvalue weighted by Gasteiger charge is -2.25. The number of nitrogens with zero attached hydrogens (tertiary/aromatic N) is 2. The van der Waals surface area contributed by atoms with Gasteiger partial charge in [0.2, 0.25) is 0 Å². The van der Waals surface area contributed by atoms with Crippen molar-refractivity contribution in [1.82, 2.24) is 9.88 Å². The highest BCUT2D eigenvalue weighted by Gasteiger charge is 2.31. The number of amides is 2. The molecule has 1 fully saturated rings. The largest absolute Gasteiger partial charge is 0.489 e. The Kier molecular flexibility index (Phi) is 5.37. The Morgan fingerprint density at radius 1 is 1.38 bits per heavy atom. The van der Waals surface area contributed by atoms with Crippen LogP contribution in [0.25, 0.3) is 0 Å². The maximum absolute atomic E-state index is 14.1. The molecule has 2 N–H and O–H groups in total. The number of benzene rings is 1. The van der Waals surface area contributed by atoms with Crippen LogP contribution in [0.3, 0.4) is 0 Å². The van der Waals surface area contributed by atoms with Crippen molar-refractivity contribution in [3.63, 3.8) is 0 Å². The normalized spacial score (nSPS) is 16.5. The van der Waals surface area contributed by atoms with Crippen molar-refractivity contribution in [2.45, 2.75) is 18.9 Å². The number of nitrogens with two attached hydrogens (primary N) is 1. The van der Waals surface area contributed by atoms with Gasteiger partial charge in [-0.3, -0.25) is 9.59 Å². The Morgan fingerprint density at radius 2 is 2.19 bits per heavy atom. The van der Waals surface area contributed by atoms with Crippen molar-refractivity contribution in [2.24, 2.45) is 5.73 Å². The Hall–Kier alpha value is -2.67. The fraction of sp³-hybridized carbons (Fsp3) is 0.278. The van der Waals surface area contributed by atoms with Crippen LogP contribution in [0.2, 0.25) is 5.02 Å². The van der Waals surface area contributed by atoms with Crippen LogP contribution in [-0.4, -0.2) is 40.9 Å². The predicted molar refractivity (Wildman–Crippen MR) is 93.7 cm³/mol. The number of hydrogen-bond donors (Lipinski definition) is 1. The predicted octanol–water partition coefficient (Wildman–Crippen LogP) is 2.66. The molecule has 1 aromatic heterocycles. The number of carbonyl (C=O) groups excluding carboxylic acids is 2. The van der Waals surface area contributed by atoms with E-state index in [0.717, 1.165) is 12.5 Å². The van der Waals surface area contributed by atoms with E-state index in [0.29, 0.717) is 13.0 Å². The molecule has 2 aromatic rings. The fourth-order valence-electron chi connectivity index (χ4n) is 2.97. The molecule has 1 aliphatic rings. The van der Waals surface area contributed by atoms with Gasteiger partial charge in [-0.1, -0.05) is 11.6 Å². The molecule has 136 valence electrons. The molecule has 6 nitrogen and oxygen atoms in total. The fourth-order valence-corrected chi connectivity index (χ4v) is 3.13. The first-order valence-corrected chi connectivity index (χ1v) is 8.49. The highest BCUT2D eigenvalue weighted by Crippen LogP contribution is 2.24. The van der Waals surface area contributed by atoms with Crippen molar-refractivity contribution >= 4 is 23.4 Å². The average Bonchev–Trinajstić information content (AvgIpc) is 3.08. The van der Waals surface area contributed by atoms with Crippen molar-refractivity contribution in [3.05, 3.63) is 58.6 Å². The van der Waals surface area contributed by atoms with E-state index in [2.05, 4.69) is 4.98 Å². The number of likely N-dealkylation sites (tertiary alicyclic amines) is 1. The Balaban J connectivity index is 1.73. The van der Waals surface area contributed by atoms with Crippen molar-refractivity contribution < 1.29 is 18.7 Å². The number of pyridine rings is 1. The minimum atomic E-state index is -0.691. The zero-order valence-electron chi connectivity index (χ0n) is 13.8. The van der Waals surface area contributed by atoms with E-state index < -0.39 is 17.6 Å². The molecule has 8 heteroatoms. The molecule has 1 saturated heterocycles. The third kappa shape index (κ3) is 3.77. The van der Waals surface area contributed by atoms with Gasteiger partial charge in [0.1, 0.15) is 12.4 Å². The topological polar surface area (TPSA) is 85.5 Å². The summed E-state index contributed by atoms with van der Waals surface area (Å²) < 4.78 is 19.7. The molecule has 1 aliphatic heterocycles.